The molecule has 0 aliphatic rings. The smallest absolute Gasteiger partial charge is 0.271 e. The predicted octanol–water partition coefficient (Wildman–Crippen LogP) is 2.77. The van der Waals surface area contributed by atoms with E-state index in [1.807, 2.05) is 25.1 Å². The quantitative estimate of drug-likeness (QED) is 0.707. The molecular weight excluding hydrogens is 340 g/mol. The van der Waals surface area contributed by atoms with Gasteiger partial charge in [0, 0.05) is 31.0 Å². The Hall–Kier alpha value is -2.74. The highest BCUT2D eigenvalue weighted by atomic mass is 32.1. The van der Waals surface area contributed by atoms with Crippen LogP contribution in [0.25, 0.3) is 0 Å². The molecule has 1 heterocycles. The maximum atomic E-state index is 12.1. The molecular formula is C17H20N4O3S. The summed E-state index contributed by atoms with van der Waals surface area (Å²) in [5, 5.41) is 10.1. The number of rotatable bonds is 7. The van der Waals surface area contributed by atoms with Crippen LogP contribution in [0.1, 0.15) is 42.7 Å². The van der Waals surface area contributed by atoms with Gasteiger partial charge in [-0.05, 0) is 24.1 Å². The molecule has 0 radical (unpaired) electrons. The highest BCUT2D eigenvalue weighted by molar-refractivity contribution is 7.14. The van der Waals surface area contributed by atoms with Crippen molar-refractivity contribution in [2.75, 3.05) is 10.6 Å². The van der Waals surface area contributed by atoms with Crippen molar-refractivity contribution in [1.82, 2.24) is 10.3 Å². The van der Waals surface area contributed by atoms with E-state index < -0.39 is 0 Å². The highest BCUT2D eigenvalue weighted by Gasteiger charge is 2.11. The van der Waals surface area contributed by atoms with Crippen molar-refractivity contribution in [2.45, 2.75) is 33.2 Å². The Morgan fingerprint density at radius 1 is 1.20 bits per heavy atom. The molecule has 2 aromatic rings. The normalized spacial score (nSPS) is 10.2. The summed E-state index contributed by atoms with van der Waals surface area (Å²) in [6.45, 7) is 3.64. The zero-order valence-corrected chi connectivity index (χ0v) is 14.9. The van der Waals surface area contributed by atoms with Crippen LogP contribution in [0.3, 0.4) is 0 Å². The zero-order chi connectivity index (χ0) is 18.2. The standard InChI is InChI=1S/C17H20N4O3S/c1-3-5-15(23)20-13-7-4-6-12(8-13)9-18-16(24)14-10-25-17(21-14)19-11(2)22/h4,6-8,10H,3,5,9H2,1-2H3,(H,18,24)(H,20,23)(H,19,21,22). The second-order valence-electron chi connectivity index (χ2n) is 5.40. The largest absolute Gasteiger partial charge is 0.347 e. The molecule has 1 aromatic heterocycles. The molecule has 0 spiro atoms. The van der Waals surface area contributed by atoms with Gasteiger partial charge in [-0.1, -0.05) is 19.1 Å². The van der Waals surface area contributed by atoms with E-state index in [0.717, 1.165) is 12.0 Å². The lowest BCUT2D eigenvalue weighted by molar-refractivity contribution is -0.116. The average molecular weight is 360 g/mol. The van der Waals surface area contributed by atoms with Crippen LogP contribution in [0.5, 0.6) is 0 Å². The second kappa shape index (κ2) is 8.93. The summed E-state index contributed by atoms with van der Waals surface area (Å²) in [6.07, 6.45) is 1.26. The van der Waals surface area contributed by atoms with E-state index in [1.165, 1.54) is 18.3 Å². The molecule has 3 amide bonds. The first-order chi connectivity index (χ1) is 12.0. The van der Waals surface area contributed by atoms with E-state index in [0.29, 0.717) is 23.8 Å². The molecule has 7 nitrogen and oxygen atoms in total. The van der Waals surface area contributed by atoms with Crippen LogP contribution in [-0.4, -0.2) is 22.7 Å². The van der Waals surface area contributed by atoms with E-state index in [4.69, 9.17) is 0 Å². The fourth-order valence-corrected chi connectivity index (χ4v) is 2.81. The number of nitrogens with zero attached hydrogens (tertiary/aromatic N) is 1. The monoisotopic (exact) mass is 360 g/mol. The van der Waals surface area contributed by atoms with Crippen molar-refractivity contribution in [1.29, 1.82) is 0 Å². The van der Waals surface area contributed by atoms with Crippen LogP contribution in [-0.2, 0) is 16.1 Å². The summed E-state index contributed by atoms with van der Waals surface area (Å²) in [5.41, 5.74) is 1.81. The third-order valence-electron chi connectivity index (χ3n) is 3.16. The number of carbonyl (C=O) groups is 3. The third-order valence-corrected chi connectivity index (χ3v) is 3.92. The van der Waals surface area contributed by atoms with Gasteiger partial charge < -0.3 is 16.0 Å². The number of hydrogen-bond donors (Lipinski definition) is 3. The molecule has 25 heavy (non-hydrogen) atoms. The maximum Gasteiger partial charge on any atom is 0.271 e. The highest BCUT2D eigenvalue weighted by Crippen LogP contribution is 2.16. The molecule has 0 unspecified atom stereocenters. The summed E-state index contributed by atoms with van der Waals surface area (Å²) in [7, 11) is 0. The molecule has 0 aliphatic heterocycles. The lowest BCUT2D eigenvalue weighted by Gasteiger charge is -2.08. The first kappa shape index (κ1) is 18.6. The van der Waals surface area contributed by atoms with Gasteiger partial charge in [-0.3, -0.25) is 14.4 Å². The number of benzene rings is 1. The van der Waals surface area contributed by atoms with Crippen molar-refractivity contribution < 1.29 is 14.4 Å². The number of carbonyl (C=O) groups excluding carboxylic acids is 3. The van der Waals surface area contributed by atoms with Crippen molar-refractivity contribution in [3.63, 3.8) is 0 Å². The molecule has 0 saturated heterocycles. The van der Waals surface area contributed by atoms with Gasteiger partial charge in [0.25, 0.3) is 5.91 Å². The van der Waals surface area contributed by atoms with Crippen LogP contribution < -0.4 is 16.0 Å². The van der Waals surface area contributed by atoms with E-state index in [9.17, 15) is 14.4 Å². The molecule has 2 rings (SSSR count). The number of nitrogens with one attached hydrogen (secondary N) is 3. The van der Waals surface area contributed by atoms with E-state index in [-0.39, 0.29) is 23.4 Å². The van der Waals surface area contributed by atoms with Gasteiger partial charge in [-0.15, -0.1) is 11.3 Å². The Bertz CT molecular complexity index is 773. The molecule has 0 atom stereocenters. The van der Waals surface area contributed by atoms with Gasteiger partial charge in [-0.25, -0.2) is 4.98 Å². The Morgan fingerprint density at radius 3 is 2.72 bits per heavy atom. The van der Waals surface area contributed by atoms with E-state index in [2.05, 4.69) is 20.9 Å². The minimum absolute atomic E-state index is 0.0309. The number of thiazole rings is 1. The molecule has 0 bridgehead atoms. The maximum absolute atomic E-state index is 12.1. The predicted molar refractivity (Wildman–Crippen MR) is 97.6 cm³/mol. The SMILES string of the molecule is CCCC(=O)Nc1cccc(CNC(=O)c2csc(NC(C)=O)n2)c1. The first-order valence-electron chi connectivity index (χ1n) is 7.88. The summed E-state index contributed by atoms with van der Waals surface area (Å²) in [6, 6.07) is 7.30. The van der Waals surface area contributed by atoms with Crippen molar-refractivity contribution >= 4 is 39.9 Å². The molecule has 1 aromatic carbocycles. The summed E-state index contributed by atoms with van der Waals surface area (Å²) < 4.78 is 0. The Kier molecular flexibility index (Phi) is 6.64. The average Bonchev–Trinajstić information content (AvgIpc) is 3.01. The molecule has 3 N–H and O–H groups in total. The lowest BCUT2D eigenvalue weighted by atomic mass is 10.2. The third kappa shape index (κ3) is 6.00. The fraction of sp³-hybridized carbons (Fsp3) is 0.294. The second-order valence-corrected chi connectivity index (χ2v) is 6.26. The van der Waals surface area contributed by atoms with E-state index in [1.54, 1.807) is 11.4 Å². The van der Waals surface area contributed by atoms with Crippen molar-refractivity contribution in [2.24, 2.45) is 0 Å². The molecule has 0 saturated carbocycles. The Balaban J connectivity index is 1.92. The minimum Gasteiger partial charge on any atom is -0.347 e. The topological polar surface area (TPSA) is 100 Å². The lowest BCUT2D eigenvalue weighted by Crippen LogP contribution is -2.23. The minimum atomic E-state index is -0.326. The first-order valence-corrected chi connectivity index (χ1v) is 8.76. The Morgan fingerprint density at radius 2 is 2.00 bits per heavy atom. The van der Waals surface area contributed by atoms with Gasteiger partial charge >= 0.3 is 0 Å². The van der Waals surface area contributed by atoms with Crippen molar-refractivity contribution in [3.8, 4) is 0 Å². The van der Waals surface area contributed by atoms with Crippen LogP contribution in [0.15, 0.2) is 29.6 Å². The van der Waals surface area contributed by atoms with Gasteiger partial charge in [-0.2, -0.15) is 0 Å². The number of aromatic nitrogens is 1. The number of amides is 3. The molecule has 132 valence electrons. The van der Waals surface area contributed by atoms with Crippen LogP contribution in [0.4, 0.5) is 10.8 Å². The van der Waals surface area contributed by atoms with E-state index >= 15 is 0 Å². The number of hydrogen-bond acceptors (Lipinski definition) is 5. The van der Waals surface area contributed by atoms with Crippen molar-refractivity contribution in [3.05, 3.63) is 40.9 Å². The Labute approximate surface area is 149 Å². The fourth-order valence-electron chi connectivity index (χ4n) is 2.07. The van der Waals surface area contributed by atoms with Gasteiger partial charge in [0.15, 0.2) is 5.13 Å². The summed E-state index contributed by atoms with van der Waals surface area (Å²) in [5.74, 6) is -0.590. The van der Waals surface area contributed by atoms with Crippen LogP contribution in [0.2, 0.25) is 0 Å². The van der Waals surface area contributed by atoms with Gasteiger partial charge in [0.1, 0.15) is 5.69 Å². The number of anilines is 2. The molecule has 8 heteroatoms. The van der Waals surface area contributed by atoms with Gasteiger partial charge in [0.05, 0.1) is 0 Å². The molecule has 0 aliphatic carbocycles. The summed E-state index contributed by atoms with van der Waals surface area (Å²) >= 11 is 1.19. The van der Waals surface area contributed by atoms with Crippen LogP contribution >= 0.6 is 11.3 Å². The van der Waals surface area contributed by atoms with Gasteiger partial charge in [0.2, 0.25) is 11.8 Å². The van der Waals surface area contributed by atoms with Crippen LogP contribution in [0, 0.1) is 0 Å². The molecule has 0 fully saturated rings. The zero-order valence-electron chi connectivity index (χ0n) is 14.1. The summed E-state index contributed by atoms with van der Waals surface area (Å²) in [4.78, 5) is 38.8.